The van der Waals surface area contributed by atoms with Crippen molar-refractivity contribution in [3.8, 4) is 22.6 Å². The summed E-state index contributed by atoms with van der Waals surface area (Å²) in [4.78, 5) is 0. The Balaban J connectivity index is 2.19. The summed E-state index contributed by atoms with van der Waals surface area (Å²) in [5, 5.41) is 3.72. The summed E-state index contributed by atoms with van der Waals surface area (Å²) in [5.74, 6) is 1.04. The lowest BCUT2D eigenvalue weighted by Crippen LogP contribution is -1.92. The van der Waals surface area contributed by atoms with Crippen LogP contribution < -0.4 is 5.73 Å². The summed E-state index contributed by atoms with van der Waals surface area (Å²) in [5.41, 5.74) is 6.38. The van der Waals surface area contributed by atoms with Crippen LogP contribution in [-0.2, 0) is 6.42 Å². The number of aromatic nitrogens is 1. The molecular formula is C15H12ClFN2O2. The number of halogens is 2. The minimum Gasteiger partial charge on any atom is -0.458 e. The Kier molecular flexibility index (Phi) is 3.43. The standard InChI is InChI=1S/C15H12ClFN2O2/c1-2-8-6-7-11(20-8)14-12(15(18)19-21-14)9-4-3-5-10(16)13(9)17/h3-7H,2H2,1H3,(H2,18,19). The Morgan fingerprint density at radius 2 is 2.10 bits per heavy atom. The third-order valence-electron chi connectivity index (χ3n) is 3.17. The van der Waals surface area contributed by atoms with Crippen molar-refractivity contribution >= 4 is 17.4 Å². The zero-order valence-corrected chi connectivity index (χ0v) is 11.9. The third kappa shape index (κ3) is 2.29. The molecule has 4 nitrogen and oxygen atoms in total. The van der Waals surface area contributed by atoms with Gasteiger partial charge in [-0.15, -0.1) is 0 Å². The van der Waals surface area contributed by atoms with E-state index in [2.05, 4.69) is 5.16 Å². The predicted octanol–water partition coefficient (Wildman–Crippen LogP) is 4.54. The highest BCUT2D eigenvalue weighted by Gasteiger charge is 2.23. The maximum Gasteiger partial charge on any atom is 0.212 e. The number of benzene rings is 1. The molecule has 0 bridgehead atoms. The van der Waals surface area contributed by atoms with Gasteiger partial charge in [-0.05, 0) is 18.2 Å². The molecule has 0 aliphatic rings. The highest BCUT2D eigenvalue weighted by atomic mass is 35.5. The minimum atomic E-state index is -0.572. The molecule has 0 unspecified atom stereocenters. The van der Waals surface area contributed by atoms with Crippen molar-refractivity contribution in [2.75, 3.05) is 5.73 Å². The first-order valence-electron chi connectivity index (χ1n) is 6.40. The molecule has 6 heteroatoms. The molecule has 1 aromatic carbocycles. The van der Waals surface area contributed by atoms with E-state index in [0.29, 0.717) is 11.3 Å². The van der Waals surface area contributed by atoms with Crippen molar-refractivity contribution in [1.29, 1.82) is 0 Å². The fourth-order valence-electron chi connectivity index (χ4n) is 2.12. The fraction of sp³-hybridized carbons (Fsp3) is 0.133. The molecule has 0 saturated heterocycles. The van der Waals surface area contributed by atoms with Crippen molar-refractivity contribution in [2.45, 2.75) is 13.3 Å². The third-order valence-corrected chi connectivity index (χ3v) is 3.47. The molecule has 0 radical (unpaired) electrons. The van der Waals surface area contributed by atoms with Crippen LogP contribution in [0, 0.1) is 5.82 Å². The molecule has 0 aliphatic heterocycles. The van der Waals surface area contributed by atoms with Crippen LogP contribution >= 0.6 is 11.6 Å². The summed E-state index contributed by atoms with van der Waals surface area (Å²) in [7, 11) is 0. The zero-order chi connectivity index (χ0) is 15.0. The van der Waals surface area contributed by atoms with E-state index >= 15 is 0 Å². The molecule has 0 fully saturated rings. The monoisotopic (exact) mass is 306 g/mol. The number of nitrogen functional groups attached to an aromatic ring is 1. The van der Waals surface area contributed by atoms with Crippen molar-refractivity contribution in [3.05, 3.63) is 46.9 Å². The molecule has 0 amide bonds. The number of hydrogen-bond acceptors (Lipinski definition) is 4. The van der Waals surface area contributed by atoms with E-state index in [1.165, 1.54) is 6.07 Å². The van der Waals surface area contributed by atoms with Gasteiger partial charge in [0.15, 0.2) is 11.6 Å². The second kappa shape index (κ2) is 5.26. The fourth-order valence-corrected chi connectivity index (χ4v) is 2.29. The molecule has 2 N–H and O–H groups in total. The molecule has 0 saturated carbocycles. The first-order valence-corrected chi connectivity index (χ1v) is 6.78. The summed E-state index contributed by atoms with van der Waals surface area (Å²) in [6.07, 6.45) is 0.741. The van der Waals surface area contributed by atoms with Gasteiger partial charge in [0.2, 0.25) is 5.76 Å². The Morgan fingerprint density at radius 1 is 1.29 bits per heavy atom. The lowest BCUT2D eigenvalue weighted by atomic mass is 10.0. The lowest BCUT2D eigenvalue weighted by molar-refractivity contribution is 0.416. The van der Waals surface area contributed by atoms with Crippen LogP contribution in [0.5, 0.6) is 0 Å². The van der Waals surface area contributed by atoms with E-state index in [-0.39, 0.29) is 22.2 Å². The number of aryl methyl sites for hydroxylation is 1. The molecule has 0 aliphatic carbocycles. The molecule has 0 spiro atoms. The maximum atomic E-state index is 14.2. The molecule has 3 rings (SSSR count). The van der Waals surface area contributed by atoms with E-state index in [1.54, 1.807) is 18.2 Å². The molecule has 0 atom stereocenters. The van der Waals surface area contributed by atoms with Crippen LogP contribution in [0.2, 0.25) is 5.02 Å². The molecule has 2 heterocycles. The smallest absolute Gasteiger partial charge is 0.212 e. The number of rotatable bonds is 3. The van der Waals surface area contributed by atoms with Crippen LogP contribution in [0.4, 0.5) is 10.2 Å². The summed E-state index contributed by atoms with van der Waals surface area (Å²) in [6.45, 7) is 1.97. The van der Waals surface area contributed by atoms with Gasteiger partial charge in [-0.1, -0.05) is 35.8 Å². The normalized spacial score (nSPS) is 11.0. The summed E-state index contributed by atoms with van der Waals surface area (Å²) >= 11 is 5.82. The average Bonchev–Trinajstić information content (AvgIpc) is 3.08. The number of nitrogens with zero attached hydrogens (tertiary/aromatic N) is 1. The van der Waals surface area contributed by atoms with E-state index < -0.39 is 5.82 Å². The van der Waals surface area contributed by atoms with Crippen LogP contribution in [0.25, 0.3) is 22.6 Å². The van der Waals surface area contributed by atoms with Gasteiger partial charge in [-0.3, -0.25) is 0 Å². The predicted molar refractivity (Wildman–Crippen MR) is 78.4 cm³/mol. The highest BCUT2D eigenvalue weighted by Crippen LogP contribution is 2.39. The number of anilines is 1. The molecule has 21 heavy (non-hydrogen) atoms. The first kappa shape index (κ1) is 13.7. The van der Waals surface area contributed by atoms with Crippen molar-refractivity contribution in [2.24, 2.45) is 0 Å². The Hall–Kier alpha value is -2.27. The first-order chi connectivity index (χ1) is 10.1. The molecule has 2 aromatic heterocycles. The Morgan fingerprint density at radius 3 is 2.81 bits per heavy atom. The largest absolute Gasteiger partial charge is 0.458 e. The topological polar surface area (TPSA) is 65.2 Å². The second-order valence-electron chi connectivity index (χ2n) is 4.49. The maximum absolute atomic E-state index is 14.2. The number of furan rings is 1. The van der Waals surface area contributed by atoms with E-state index in [0.717, 1.165) is 12.2 Å². The molecule has 3 aromatic rings. The SMILES string of the molecule is CCc1ccc(-c2onc(N)c2-c2cccc(Cl)c2F)o1. The number of nitrogens with two attached hydrogens (primary N) is 1. The van der Waals surface area contributed by atoms with Gasteiger partial charge in [0.1, 0.15) is 11.6 Å². The Bertz CT molecular complexity index is 795. The van der Waals surface area contributed by atoms with Crippen LogP contribution in [0.1, 0.15) is 12.7 Å². The van der Waals surface area contributed by atoms with E-state index in [9.17, 15) is 4.39 Å². The second-order valence-corrected chi connectivity index (χ2v) is 4.90. The van der Waals surface area contributed by atoms with Crippen molar-refractivity contribution < 1.29 is 13.3 Å². The minimum absolute atomic E-state index is 0.00717. The van der Waals surface area contributed by atoms with Crippen LogP contribution in [-0.4, -0.2) is 5.16 Å². The van der Waals surface area contributed by atoms with Gasteiger partial charge in [0.05, 0.1) is 10.6 Å². The van der Waals surface area contributed by atoms with Crippen molar-refractivity contribution in [3.63, 3.8) is 0 Å². The highest BCUT2D eigenvalue weighted by molar-refractivity contribution is 6.31. The molecular weight excluding hydrogens is 295 g/mol. The quantitative estimate of drug-likeness (QED) is 0.771. The van der Waals surface area contributed by atoms with Gasteiger partial charge >= 0.3 is 0 Å². The summed E-state index contributed by atoms with van der Waals surface area (Å²) < 4.78 is 25.1. The van der Waals surface area contributed by atoms with Crippen molar-refractivity contribution in [1.82, 2.24) is 5.16 Å². The lowest BCUT2D eigenvalue weighted by Gasteiger charge is -2.04. The molecule has 108 valence electrons. The van der Waals surface area contributed by atoms with E-state index in [4.69, 9.17) is 26.3 Å². The zero-order valence-electron chi connectivity index (χ0n) is 11.2. The average molecular weight is 307 g/mol. The summed E-state index contributed by atoms with van der Waals surface area (Å²) in [6, 6.07) is 8.23. The van der Waals surface area contributed by atoms with Gasteiger partial charge < -0.3 is 14.7 Å². The number of hydrogen-bond donors (Lipinski definition) is 1. The van der Waals surface area contributed by atoms with Crippen LogP contribution in [0.3, 0.4) is 0 Å². The van der Waals surface area contributed by atoms with Gasteiger partial charge in [0, 0.05) is 12.0 Å². The van der Waals surface area contributed by atoms with Gasteiger partial charge in [-0.2, -0.15) is 0 Å². The van der Waals surface area contributed by atoms with Crippen LogP contribution in [0.15, 0.2) is 39.3 Å². The van der Waals surface area contributed by atoms with E-state index in [1.807, 2.05) is 13.0 Å². The van der Waals surface area contributed by atoms with Gasteiger partial charge in [-0.25, -0.2) is 4.39 Å². The van der Waals surface area contributed by atoms with Gasteiger partial charge in [0.25, 0.3) is 0 Å². The Labute approximate surface area is 125 Å².